The fourth-order valence-electron chi connectivity index (χ4n) is 1.67. The van der Waals surface area contributed by atoms with Crippen LogP contribution in [-0.2, 0) is 9.59 Å². The molecule has 116 valence electrons. The van der Waals surface area contributed by atoms with Crippen molar-refractivity contribution >= 4 is 35.0 Å². The molecule has 0 aliphatic carbocycles. The van der Waals surface area contributed by atoms with Gasteiger partial charge in [-0.3, -0.25) is 9.59 Å². The van der Waals surface area contributed by atoms with E-state index in [0.717, 1.165) is 11.8 Å². The molecule has 1 amide bonds. The van der Waals surface area contributed by atoms with Gasteiger partial charge in [-0.05, 0) is 23.8 Å². The first-order valence-corrected chi connectivity index (χ1v) is 7.05. The summed E-state index contributed by atoms with van der Waals surface area (Å²) in [6.45, 7) is 0. The fourth-order valence-corrected chi connectivity index (χ4v) is 2.58. The van der Waals surface area contributed by atoms with Gasteiger partial charge in [0.25, 0.3) is 0 Å². The summed E-state index contributed by atoms with van der Waals surface area (Å²) in [6.07, 6.45) is 1.15. The van der Waals surface area contributed by atoms with Gasteiger partial charge in [-0.15, -0.1) is 5.10 Å². The molecule has 8 nitrogen and oxygen atoms in total. The van der Waals surface area contributed by atoms with Crippen molar-refractivity contribution in [1.82, 2.24) is 5.32 Å². The van der Waals surface area contributed by atoms with E-state index in [1.807, 2.05) is 0 Å². The zero-order valence-corrected chi connectivity index (χ0v) is 12.3. The lowest BCUT2D eigenvalue weighted by molar-refractivity contribution is -0.138. The molecule has 1 aromatic rings. The second-order valence-electron chi connectivity index (χ2n) is 4.27. The standard InChI is InChI=1S/C13H13N3O5S/c1-21-9-4-7(2-3-8(9)17)6-14-16-13-15-12(20)10(22-13)5-11(18)19/h2-4,6,10,17H,5H2,1H3,(H,18,19)(H,15,16,20)/b14-6+/t10-/m1/s1. The summed E-state index contributed by atoms with van der Waals surface area (Å²) in [5.41, 5.74) is 0.649. The van der Waals surface area contributed by atoms with Crippen LogP contribution in [0.4, 0.5) is 0 Å². The van der Waals surface area contributed by atoms with Crippen LogP contribution in [-0.4, -0.2) is 45.8 Å². The number of ether oxygens (including phenoxy) is 1. The van der Waals surface area contributed by atoms with Crippen molar-refractivity contribution in [2.45, 2.75) is 11.7 Å². The Morgan fingerprint density at radius 3 is 3.00 bits per heavy atom. The van der Waals surface area contributed by atoms with Crippen molar-refractivity contribution in [3.8, 4) is 11.5 Å². The third kappa shape index (κ3) is 3.98. The number of phenolic OH excluding ortho intramolecular Hbond substituents is 1. The molecule has 0 radical (unpaired) electrons. The molecule has 9 heteroatoms. The molecule has 0 bridgehead atoms. The first-order chi connectivity index (χ1) is 10.5. The van der Waals surface area contributed by atoms with Gasteiger partial charge in [0.2, 0.25) is 5.91 Å². The number of carboxylic acids is 1. The topological polar surface area (TPSA) is 121 Å². The number of hydrogen-bond acceptors (Lipinski definition) is 7. The number of amides is 1. The maximum absolute atomic E-state index is 11.5. The number of hydrogen-bond donors (Lipinski definition) is 3. The molecule has 0 unspecified atom stereocenters. The molecule has 1 aliphatic heterocycles. The first-order valence-electron chi connectivity index (χ1n) is 6.17. The molecular formula is C13H13N3O5S. The van der Waals surface area contributed by atoms with Crippen LogP contribution in [0.5, 0.6) is 11.5 Å². The van der Waals surface area contributed by atoms with E-state index in [0.29, 0.717) is 11.3 Å². The number of aliphatic carboxylic acids is 1. The van der Waals surface area contributed by atoms with Gasteiger partial charge in [-0.2, -0.15) is 5.10 Å². The molecule has 2 rings (SSSR count). The number of methoxy groups -OCH3 is 1. The molecule has 0 spiro atoms. The minimum atomic E-state index is -1.05. The second kappa shape index (κ2) is 6.94. The van der Waals surface area contributed by atoms with Crippen LogP contribution in [0.1, 0.15) is 12.0 Å². The average molecular weight is 323 g/mol. The summed E-state index contributed by atoms with van der Waals surface area (Å²) in [4.78, 5) is 22.1. The highest BCUT2D eigenvalue weighted by molar-refractivity contribution is 8.15. The van der Waals surface area contributed by atoms with Crippen molar-refractivity contribution in [1.29, 1.82) is 0 Å². The van der Waals surface area contributed by atoms with E-state index < -0.39 is 17.1 Å². The third-order valence-electron chi connectivity index (χ3n) is 2.70. The molecule has 1 aromatic carbocycles. The molecular weight excluding hydrogens is 310 g/mol. The molecule has 1 fully saturated rings. The number of carboxylic acid groups (broad SMARTS) is 1. The lowest BCUT2D eigenvalue weighted by Crippen LogP contribution is -2.26. The Morgan fingerprint density at radius 1 is 1.55 bits per heavy atom. The van der Waals surface area contributed by atoms with Crippen LogP contribution in [0.15, 0.2) is 28.4 Å². The van der Waals surface area contributed by atoms with Crippen LogP contribution in [0.2, 0.25) is 0 Å². The summed E-state index contributed by atoms with van der Waals surface area (Å²) < 4.78 is 4.97. The predicted molar refractivity (Wildman–Crippen MR) is 81.5 cm³/mol. The number of amidine groups is 1. The summed E-state index contributed by atoms with van der Waals surface area (Å²) in [7, 11) is 1.43. The average Bonchev–Trinajstić information content (AvgIpc) is 2.80. The third-order valence-corrected chi connectivity index (χ3v) is 3.77. The van der Waals surface area contributed by atoms with Gasteiger partial charge < -0.3 is 20.3 Å². The van der Waals surface area contributed by atoms with Gasteiger partial charge in [-0.25, -0.2) is 0 Å². The number of nitrogens with one attached hydrogen (secondary N) is 1. The van der Waals surface area contributed by atoms with Crippen molar-refractivity contribution < 1.29 is 24.5 Å². The largest absolute Gasteiger partial charge is 0.504 e. The van der Waals surface area contributed by atoms with E-state index in [1.54, 1.807) is 12.1 Å². The fraction of sp³-hybridized carbons (Fsp3) is 0.231. The van der Waals surface area contributed by atoms with Crippen LogP contribution < -0.4 is 10.1 Å². The van der Waals surface area contributed by atoms with E-state index in [4.69, 9.17) is 9.84 Å². The van der Waals surface area contributed by atoms with Gasteiger partial charge in [0.1, 0.15) is 5.25 Å². The van der Waals surface area contributed by atoms with Gasteiger partial charge in [0, 0.05) is 0 Å². The minimum Gasteiger partial charge on any atom is -0.504 e. The van der Waals surface area contributed by atoms with Crippen molar-refractivity contribution in [3.05, 3.63) is 23.8 Å². The molecule has 1 saturated heterocycles. The lowest BCUT2D eigenvalue weighted by atomic mass is 10.2. The summed E-state index contributed by atoms with van der Waals surface area (Å²) in [6, 6.07) is 4.66. The highest BCUT2D eigenvalue weighted by Crippen LogP contribution is 2.25. The van der Waals surface area contributed by atoms with Gasteiger partial charge in [-0.1, -0.05) is 11.8 Å². The highest BCUT2D eigenvalue weighted by Gasteiger charge is 2.32. The van der Waals surface area contributed by atoms with Crippen molar-refractivity contribution in [2.24, 2.45) is 10.2 Å². The van der Waals surface area contributed by atoms with E-state index in [2.05, 4.69) is 15.5 Å². The SMILES string of the molecule is COc1cc(/C=N/N=C2/NC(=O)[C@@H](CC(=O)O)S2)ccc1O. The van der Waals surface area contributed by atoms with Crippen LogP contribution in [0.25, 0.3) is 0 Å². The quantitative estimate of drug-likeness (QED) is 0.544. The number of carbonyl (C=O) groups excluding carboxylic acids is 1. The Labute approximate surface area is 129 Å². The number of rotatable bonds is 5. The number of phenols is 1. The van der Waals surface area contributed by atoms with Crippen LogP contribution in [0.3, 0.4) is 0 Å². The zero-order valence-electron chi connectivity index (χ0n) is 11.5. The minimum absolute atomic E-state index is 0.0149. The molecule has 1 aliphatic rings. The van der Waals surface area contributed by atoms with Gasteiger partial charge >= 0.3 is 5.97 Å². The monoisotopic (exact) mass is 323 g/mol. The molecule has 0 aromatic heterocycles. The predicted octanol–water partition coefficient (Wildman–Crippen LogP) is 0.797. The van der Waals surface area contributed by atoms with E-state index in [9.17, 15) is 14.7 Å². The summed E-state index contributed by atoms with van der Waals surface area (Å²) in [5, 5.41) is 27.8. The molecule has 1 atom stereocenters. The molecule has 0 saturated carbocycles. The maximum Gasteiger partial charge on any atom is 0.305 e. The van der Waals surface area contributed by atoms with Gasteiger partial charge in [0.15, 0.2) is 16.7 Å². The molecule has 22 heavy (non-hydrogen) atoms. The maximum atomic E-state index is 11.5. The van der Waals surface area contributed by atoms with Gasteiger partial charge in [0.05, 0.1) is 19.7 Å². The number of benzene rings is 1. The Morgan fingerprint density at radius 2 is 2.32 bits per heavy atom. The zero-order chi connectivity index (χ0) is 16.1. The van der Waals surface area contributed by atoms with E-state index >= 15 is 0 Å². The van der Waals surface area contributed by atoms with Crippen molar-refractivity contribution in [2.75, 3.05) is 7.11 Å². The van der Waals surface area contributed by atoms with Crippen LogP contribution in [0, 0.1) is 0 Å². The Bertz CT molecular complexity index is 659. The second-order valence-corrected chi connectivity index (χ2v) is 5.47. The first kappa shape index (κ1) is 15.8. The molecule has 1 heterocycles. The van der Waals surface area contributed by atoms with E-state index in [1.165, 1.54) is 19.4 Å². The molecule has 3 N–H and O–H groups in total. The Hall–Kier alpha value is -2.55. The Balaban J connectivity index is 2.03. The number of aromatic hydroxyl groups is 1. The number of nitrogens with zero attached hydrogens (tertiary/aromatic N) is 2. The smallest absolute Gasteiger partial charge is 0.305 e. The van der Waals surface area contributed by atoms with E-state index in [-0.39, 0.29) is 17.3 Å². The highest BCUT2D eigenvalue weighted by atomic mass is 32.2. The van der Waals surface area contributed by atoms with Crippen molar-refractivity contribution in [3.63, 3.8) is 0 Å². The number of carbonyl (C=O) groups is 2. The van der Waals surface area contributed by atoms with Crippen LogP contribution >= 0.6 is 11.8 Å². The number of thioether (sulfide) groups is 1. The normalized spacial score (nSPS) is 19.6. The lowest BCUT2D eigenvalue weighted by Gasteiger charge is -2.02. The Kier molecular flexibility index (Phi) is 4.99. The summed E-state index contributed by atoms with van der Waals surface area (Å²) >= 11 is 1.02. The summed E-state index contributed by atoms with van der Waals surface area (Å²) in [5.74, 6) is -1.12.